The number of nitrogens with zero attached hydrogens (tertiary/aromatic N) is 2. The number of hydrogen-bond donors (Lipinski definition) is 2. The first-order valence-corrected chi connectivity index (χ1v) is 7.99. The quantitative estimate of drug-likeness (QED) is 0.822. The summed E-state index contributed by atoms with van der Waals surface area (Å²) < 4.78 is 14.9. The average Bonchev–Trinajstić information content (AvgIpc) is 2.87. The Bertz CT molecular complexity index is 634. The first-order chi connectivity index (χ1) is 10.8. The Morgan fingerprint density at radius 1 is 1.30 bits per heavy atom. The van der Waals surface area contributed by atoms with Crippen molar-refractivity contribution in [3.63, 3.8) is 0 Å². The second-order valence-electron chi connectivity index (χ2n) is 6.81. The lowest BCUT2D eigenvalue weighted by molar-refractivity contribution is 0.203. The van der Waals surface area contributed by atoms with Gasteiger partial charge in [-0.25, -0.2) is 9.07 Å². The fourth-order valence-electron chi connectivity index (χ4n) is 2.62. The van der Waals surface area contributed by atoms with Gasteiger partial charge in [-0.1, -0.05) is 13.8 Å². The van der Waals surface area contributed by atoms with Gasteiger partial charge in [0.2, 0.25) is 0 Å². The summed E-state index contributed by atoms with van der Waals surface area (Å²) in [4.78, 5) is 0. The van der Waals surface area contributed by atoms with E-state index in [0.29, 0.717) is 0 Å². The largest absolute Gasteiger partial charge is 0.396 e. The molecule has 0 aliphatic carbocycles. The lowest BCUT2D eigenvalue weighted by atomic mass is 9.89. The Hall–Kier alpha value is -1.72. The first-order valence-electron chi connectivity index (χ1n) is 7.99. The van der Waals surface area contributed by atoms with E-state index in [-0.39, 0.29) is 23.9 Å². The molecular weight excluding hydrogens is 293 g/mol. The van der Waals surface area contributed by atoms with Crippen molar-refractivity contribution in [2.45, 2.75) is 40.2 Å². The van der Waals surface area contributed by atoms with Gasteiger partial charge in [-0.15, -0.1) is 0 Å². The summed E-state index contributed by atoms with van der Waals surface area (Å²) in [7, 11) is 0. The van der Waals surface area contributed by atoms with E-state index in [9.17, 15) is 4.39 Å². The maximum Gasteiger partial charge on any atom is 0.123 e. The van der Waals surface area contributed by atoms with E-state index < -0.39 is 0 Å². The van der Waals surface area contributed by atoms with Crippen LogP contribution in [0.5, 0.6) is 0 Å². The van der Waals surface area contributed by atoms with E-state index in [1.165, 1.54) is 12.1 Å². The van der Waals surface area contributed by atoms with Gasteiger partial charge < -0.3 is 10.4 Å². The highest BCUT2D eigenvalue weighted by Gasteiger charge is 2.20. The number of aromatic nitrogens is 2. The molecule has 1 atom stereocenters. The summed E-state index contributed by atoms with van der Waals surface area (Å²) in [5.41, 5.74) is 3.05. The van der Waals surface area contributed by atoms with E-state index in [1.54, 1.807) is 12.1 Å². The Morgan fingerprint density at radius 2 is 1.96 bits per heavy atom. The third-order valence-corrected chi connectivity index (χ3v) is 4.26. The van der Waals surface area contributed by atoms with Crippen LogP contribution in [0.3, 0.4) is 0 Å². The minimum absolute atomic E-state index is 0.0455. The molecule has 0 spiro atoms. The van der Waals surface area contributed by atoms with Crippen molar-refractivity contribution in [1.82, 2.24) is 15.1 Å². The number of halogens is 1. The smallest absolute Gasteiger partial charge is 0.123 e. The van der Waals surface area contributed by atoms with Gasteiger partial charge in [0.05, 0.1) is 11.9 Å². The van der Waals surface area contributed by atoms with Gasteiger partial charge >= 0.3 is 0 Å². The molecule has 23 heavy (non-hydrogen) atoms. The van der Waals surface area contributed by atoms with Crippen LogP contribution in [-0.4, -0.2) is 28.0 Å². The SMILES string of the molecule is Cc1c(C(C)NCC(C)(C)CCO)cnn1-c1ccc(F)cc1. The Labute approximate surface area is 137 Å². The normalized spacial score (nSPS) is 13.3. The maximum atomic E-state index is 13.1. The molecule has 126 valence electrons. The zero-order valence-corrected chi connectivity index (χ0v) is 14.3. The van der Waals surface area contributed by atoms with Crippen molar-refractivity contribution < 1.29 is 9.50 Å². The van der Waals surface area contributed by atoms with Gasteiger partial charge in [0.15, 0.2) is 0 Å². The molecule has 0 aliphatic heterocycles. The standard InChI is InChI=1S/C18H26FN3O/c1-13(20-12-18(3,4)9-10-23)17-11-21-22(14(17)2)16-7-5-15(19)6-8-16/h5-8,11,13,20,23H,9-10,12H2,1-4H3. The Balaban J connectivity index is 2.10. The molecule has 0 radical (unpaired) electrons. The highest BCUT2D eigenvalue weighted by molar-refractivity contribution is 5.35. The van der Waals surface area contributed by atoms with Crippen LogP contribution in [0.4, 0.5) is 4.39 Å². The van der Waals surface area contributed by atoms with Crippen LogP contribution in [0, 0.1) is 18.2 Å². The van der Waals surface area contributed by atoms with Crippen LogP contribution in [0.15, 0.2) is 30.5 Å². The number of hydrogen-bond acceptors (Lipinski definition) is 3. The number of benzene rings is 1. The van der Waals surface area contributed by atoms with E-state index in [1.807, 2.05) is 17.8 Å². The fraction of sp³-hybridized carbons (Fsp3) is 0.500. The van der Waals surface area contributed by atoms with E-state index in [2.05, 4.69) is 31.2 Å². The van der Waals surface area contributed by atoms with Crippen LogP contribution >= 0.6 is 0 Å². The second kappa shape index (κ2) is 7.23. The molecule has 1 heterocycles. The lowest BCUT2D eigenvalue weighted by Crippen LogP contribution is -2.32. The highest BCUT2D eigenvalue weighted by Crippen LogP contribution is 2.23. The molecule has 2 rings (SSSR count). The first kappa shape index (κ1) is 17.6. The molecule has 1 unspecified atom stereocenters. The molecule has 5 heteroatoms. The number of aliphatic hydroxyl groups excluding tert-OH is 1. The van der Waals surface area contributed by atoms with Gasteiger partial charge in [0.1, 0.15) is 5.82 Å². The highest BCUT2D eigenvalue weighted by atomic mass is 19.1. The summed E-state index contributed by atoms with van der Waals surface area (Å²) >= 11 is 0. The predicted molar refractivity (Wildman–Crippen MR) is 90.2 cm³/mol. The zero-order chi connectivity index (χ0) is 17.0. The minimum atomic E-state index is -0.250. The predicted octanol–water partition coefficient (Wildman–Crippen LogP) is 3.38. The second-order valence-corrected chi connectivity index (χ2v) is 6.81. The zero-order valence-electron chi connectivity index (χ0n) is 14.3. The van der Waals surface area contributed by atoms with Crippen molar-refractivity contribution >= 4 is 0 Å². The lowest BCUT2D eigenvalue weighted by Gasteiger charge is -2.26. The van der Waals surface area contributed by atoms with Crippen LogP contribution < -0.4 is 5.32 Å². The molecule has 0 saturated carbocycles. The molecule has 0 amide bonds. The molecule has 0 saturated heterocycles. The third kappa shape index (κ3) is 4.39. The van der Waals surface area contributed by atoms with E-state index >= 15 is 0 Å². The van der Waals surface area contributed by atoms with Crippen LogP contribution in [0.2, 0.25) is 0 Å². The summed E-state index contributed by atoms with van der Waals surface area (Å²) in [5, 5.41) is 17.1. The van der Waals surface area contributed by atoms with Crippen molar-refractivity contribution in [1.29, 1.82) is 0 Å². The van der Waals surface area contributed by atoms with Crippen LogP contribution in [0.25, 0.3) is 5.69 Å². The molecule has 0 aliphatic rings. The van der Waals surface area contributed by atoms with Gasteiger partial charge in [-0.3, -0.25) is 0 Å². The van der Waals surface area contributed by atoms with Gasteiger partial charge in [0, 0.05) is 30.5 Å². The molecule has 1 aromatic carbocycles. The van der Waals surface area contributed by atoms with Crippen molar-refractivity contribution in [2.75, 3.05) is 13.2 Å². The molecule has 4 nitrogen and oxygen atoms in total. The number of rotatable bonds is 7. The average molecular weight is 319 g/mol. The van der Waals surface area contributed by atoms with Gasteiger partial charge in [0.25, 0.3) is 0 Å². The maximum absolute atomic E-state index is 13.1. The molecule has 2 N–H and O–H groups in total. The topological polar surface area (TPSA) is 50.1 Å². The number of aliphatic hydroxyl groups is 1. The molecule has 2 aromatic rings. The van der Waals surface area contributed by atoms with Crippen LogP contribution in [-0.2, 0) is 0 Å². The van der Waals surface area contributed by atoms with E-state index in [0.717, 1.165) is 29.9 Å². The summed E-state index contributed by atoms with van der Waals surface area (Å²) in [6.45, 7) is 9.41. The van der Waals surface area contributed by atoms with Crippen molar-refractivity contribution in [3.05, 3.63) is 47.5 Å². The minimum Gasteiger partial charge on any atom is -0.396 e. The van der Waals surface area contributed by atoms with E-state index in [4.69, 9.17) is 5.11 Å². The van der Waals surface area contributed by atoms with Crippen molar-refractivity contribution in [3.8, 4) is 5.69 Å². The Morgan fingerprint density at radius 3 is 2.57 bits per heavy atom. The summed E-state index contributed by atoms with van der Waals surface area (Å²) in [6, 6.07) is 6.48. The van der Waals surface area contributed by atoms with Gasteiger partial charge in [-0.05, 0) is 49.9 Å². The molecule has 1 aromatic heterocycles. The van der Waals surface area contributed by atoms with Crippen LogP contribution in [0.1, 0.15) is 44.5 Å². The molecule has 0 fully saturated rings. The van der Waals surface area contributed by atoms with Gasteiger partial charge in [-0.2, -0.15) is 5.10 Å². The molecule has 0 bridgehead atoms. The monoisotopic (exact) mass is 319 g/mol. The number of nitrogens with one attached hydrogen (secondary N) is 1. The third-order valence-electron chi connectivity index (χ3n) is 4.26. The Kier molecular flexibility index (Phi) is 5.55. The van der Waals surface area contributed by atoms with Crippen molar-refractivity contribution in [2.24, 2.45) is 5.41 Å². The summed E-state index contributed by atoms with van der Waals surface area (Å²) in [5.74, 6) is -0.250. The summed E-state index contributed by atoms with van der Waals surface area (Å²) in [6.07, 6.45) is 2.62. The fourth-order valence-corrected chi connectivity index (χ4v) is 2.62. The molecular formula is C18H26FN3O.